The summed E-state index contributed by atoms with van der Waals surface area (Å²) in [6, 6.07) is 0. The second kappa shape index (κ2) is 6.14. The lowest BCUT2D eigenvalue weighted by atomic mass is 9.96. The quantitative estimate of drug-likeness (QED) is 0.656. The first-order valence-corrected chi connectivity index (χ1v) is 5.51. The van der Waals surface area contributed by atoms with Crippen LogP contribution in [0.1, 0.15) is 33.1 Å². The molecule has 0 amide bonds. The van der Waals surface area contributed by atoms with Gasteiger partial charge in [0.2, 0.25) is 0 Å². The molecule has 0 aromatic carbocycles. The zero-order valence-corrected chi connectivity index (χ0v) is 9.12. The van der Waals surface area contributed by atoms with Gasteiger partial charge in [-0.2, -0.15) is 0 Å². The largest absolute Gasteiger partial charge is 0.381 e. The summed E-state index contributed by atoms with van der Waals surface area (Å²) < 4.78 is 10.8. The third-order valence-electron chi connectivity index (χ3n) is 2.55. The molecule has 0 N–H and O–H groups in total. The summed E-state index contributed by atoms with van der Waals surface area (Å²) >= 11 is 0. The van der Waals surface area contributed by atoms with E-state index in [1.807, 2.05) is 13.8 Å². The second-order valence-corrected chi connectivity index (χ2v) is 3.72. The van der Waals surface area contributed by atoms with Gasteiger partial charge in [-0.3, -0.25) is 4.79 Å². The van der Waals surface area contributed by atoms with Crippen molar-refractivity contribution < 1.29 is 14.3 Å². The highest BCUT2D eigenvalue weighted by Gasteiger charge is 2.30. The highest BCUT2D eigenvalue weighted by atomic mass is 16.5. The summed E-state index contributed by atoms with van der Waals surface area (Å²) in [5.41, 5.74) is 0. The summed E-state index contributed by atoms with van der Waals surface area (Å²) in [5, 5.41) is 0. The minimum Gasteiger partial charge on any atom is -0.381 e. The number of carbonyl (C=O) groups is 1. The van der Waals surface area contributed by atoms with Crippen LogP contribution in [-0.2, 0) is 14.3 Å². The van der Waals surface area contributed by atoms with Crippen molar-refractivity contribution in [3.05, 3.63) is 0 Å². The van der Waals surface area contributed by atoms with Gasteiger partial charge in [-0.1, -0.05) is 6.92 Å². The maximum Gasteiger partial charge on any atom is 0.161 e. The Kier molecular flexibility index (Phi) is 5.12. The number of ether oxygens (including phenoxy) is 2. The zero-order chi connectivity index (χ0) is 10.4. The van der Waals surface area contributed by atoms with Gasteiger partial charge in [-0.05, 0) is 19.8 Å². The SMILES string of the molecule is CCCC(=O)C(OCC)C1CCOC1. The highest BCUT2D eigenvalue weighted by Crippen LogP contribution is 2.21. The van der Waals surface area contributed by atoms with Crippen LogP contribution in [0.5, 0.6) is 0 Å². The normalized spacial score (nSPS) is 23.7. The van der Waals surface area contributed by atoms with Crippen LogP contribution in [0.4, 0.5) is 0 Å². The van der Waals surface area contributed by atoms with Crippen LogP contribution in [0, 0.1) is 5.92 Å². The number of hydrogen-bond donors (Lipinski definition) is 0. The Hall–Kier alpha value is -0.410. The van der Waals surface area contributed by atoms with Crippen LogP contribution in [0.3, 0.4) is 0 Å². The van der Waals surface area contributed by atoms with E-state index >= 15 is 0 Å². The van der Waals surface area contributed by atoms with Crippen LogP contribution >= 0.6 is 0 Å². The number of ketones is 1. The highest BCUT2D eigenvalue weighted by molar-refractivity contribution is 5.83. The Morgan fingerprint density at radius 3 is 2.86 bits per heavy atom. The molecule has 0 spiro atoms. The van der Waals surface area contributed by atoms with E-state index in [2.05, 4.69) is 0 Å². The van der Waals surface area contributed by atoms with Crippen LogP contribution in [-0.4, -0.2) is 31.7 Å². The molecule has 1 aliphatic heterocycles. The summed E-state index contributed by atoms with van der Waals surface area (Å²) in [7, 11) is 0. The van der Waals surface area contributed by atoms with Crippen molar-refractivity contribution in [2.75, 3.05) is 19.8 Å². The number of carbonyl (C=O) groups excluding carboxylic acids is 1. The van der Waals surface area contributed by atoms with Crippen LogP contribution in [0.2, 0.25) is 0 Å². The third kappa shape index (κ3) is 3.07. The minimum atomic E-state index is -0.220. The van der Waals surface area contributed by atoms with Gasteiger partial charge in [0.05, 0.1) is 6.61 Å². The van der Waals surface area contributed by atoms with E-state index in [1.165, 1.54) is 0 Å². The molecule has 1 rings (SSSR count). The van der Waals surface area contributed by atoms with Crippen molar-refractivity contribution in [3.8, 4) is 0 Å². The van der Waals surface area contributed by atoms with Crippen LogP contribution in [0.15, 0.2) is 0 Å². The Morgan fingerprint density at radius 1 is 1.57 bits per heavy atom. The molecule has 3 nitrogen and oxygen atoms in total. The van der Waals surface area contributed by atoms with E-state index in [1.54, 1.807) is 0 Å². The standard InChI is InChI=1S/C11H20O3/c1-3-5-10(12)11(14-4-2)9-6-7-13-8-9/h9,11H,3-8H2,1-2H3. The molecule has 1 heterocycles. The molecule has 0 aromatic heterocycles. The monoisotopic (exact) mass is 200 g/mol. The first kappa shape index (κ1) is 11.7. The number of Topliss-reactive ketones (excluding diaryl/α,β-unsaturated/α-hetero) is 1. The molecule has 3 heteroatoms. The van der Waals surface area contributed by atoms with Crippen molar-refractivity contribution in [3.63, 3.8) is 0 Å². The van der Waals surface area contributed by atoms with Crippen LogP contribution < -0.4 is 0 Å². The van der Waals surface area contributed by atoms with E-state index in [0.717, 1.165) is 19.4 Å². The number of rotatable bonds is 6. The molecule has 2 unspecified atom stereocenters. The van der Waals surface area contributed by atoms with E-state index in [-0.39, 0.29) is 17.8 Å². The fraction of sp³-hybridized carbons (Fsp3) is 0.909. The summed E-state index contributed by atoms with van der Waals surface area (Å²) in [4.78, 5) is 11.7. The predicted octanol–water partition coefficient (Wildman–Crippen LogP) is 1.80. The molecule has 0 aliphatic carbocycles. The van der Waals surface area contributed by atoms with Gasteiger partial charge in [0, 0.05) is 25.6 Å². The lowest BCUT2D eigenvalue weighted by Crippen LogP contribution is -2.33. The zero-order valence-electron chi connectivity index (χ0n) is 9.12. The summed E-state index contributed by atoms with van der Waals surface area (Å²) in [6.07, 6.45) is 2.26. The molecule has 0 saturated carbocycles. The van der Waals surface area contributed by atoms with Gasteiger partial charge in [0.25, 0.3) is 0 Å². The fourth-order valence-corrected chi connectivity index (χ4v) is 1.85. The average molecular weight is 200 g/mol. The van der Waals surface area contributed by atoms with Crippen molar-refractivity contribution in [1.82, 2.24) is 0 Å². The molecule has 1 saturated heterocycles. The molecular formula is C11H20O3. The van der Waals surface area contributed by atoms with Crippen molar-refractivity contribution in [2.24, 2.45) is 5.92 Å². The van der Waals surface area contributed by atoms with Gasteiger partial charge < -0.3 is 9.47 Å². The minimum absolute atomic E-state index is 0.220. The van der Waals surface area contributed by atoms with E-state index in [4.69, 9.17) is 9.47 Å². The molecule has 14 heavy (non-hydrogen) atoms. The van der Waals surface area contributed by atoms with E-state index < -0.39 is 0 Å². The molecule has 0 aromatic rings. The maximum absolute atomic E-state index is 11.7. The van der Waals surface area contributed by atoms with Gasteiger partial charge >= 0.3 is 0 Å². The molecule has 1 aliphatic rings. The third-order valence-corrected chi connectivity index (χ3v) is 2.55. The lowest BCUT2D eigenvalue weighted by Gasteiger charge is -2.20. The first-order chi connectivity index (χ1) is 6.79. The summed E-state index contributed by atoms with van der Waals surface area (Å²) in [6.45, 7) is 6.01. The Balaban J connectivity index is 2.48. The molecule has 0 bridgehead atoms. The second-order valence-electron chi connectivity index (χ2n) is 3.72. The molecule has 1 fully saturated rings. The molecular weight excluding hydrogens is 180 g/mol. The average Bonchev–Trinajstić information content (AvgIpc) is 2.67. The van der Waals surface area contributed by atoms with E-state index in [9.17, 15) is 4.79 Å². The van der Waals surface area contributed by atoms with Gasteiger partial charge in [-0.25, -0.2) is 0 Å². The molecule has 2 atom stereocenters. The lowest BCUT2D eigenvalue weighted by molar-refractivity contribution is -0.134. The van der Waals surface area contributed by atoms with Crippen molar-refractivity contribution in [1.29, 1.82) is 0 Å². The first-order valence-electron chi connectivity index (χ1n) is 5.51. The maximum atomic E-state index is 11.7. The Bertz CT molecular complexity index is 173. The van der Waals surface area contributed by atoms with Gasteiger partial charge in [0.15, 0.2) is 5.78 Å². The van der Waals surface area contributed by atoms with Crippen LogP contribution in [0.25, 0.3) is 0 Å². The van der Waals surface area contributed by atoms with Crippen molar-refractivity contribution in [2.45, 2.75) is 39.2 Å². The Morgan fingerprint density at radius 2 is 2.36 bits per heavy atom. The number of hydrogen-bond acceptors (Lipinski definition) is 3. The predicted molar refractivity (Wildman–Crippen MR) is 54.3 cm³/mol. The molecule has 82 valence electrons. The van der Waals surface area contributed by atoms with E-state index in [0.29, 0.717) is 19.6 Å². The fourth-order valence-electron chi connectivity index (χ4n) is 1.85. The Labute approximate surface area is 85.8 Å². The smallest absolute Gasteiger partial charge is 0.161 e. The van der Waals surface area contributed by atoms with Gasteiger partial charge in [0.1, 0.15) is 6.10 Å². The molecule has 0 radical (unpaired) electrons. The van der Waals surface area contributed by atoms with Crippen molar-refractivity contribution >= 4 is 5.78 Å². The summed E-state index contributed by atoms with van der Waals surface area (Å²) in [5.74, 6) is 0.527. The van der Waals surface area contributed by atoms with Gasteiger partial charge in [-0.15, -0.1) is 0 Å². The topological polar surface area (TPSA) is 35.5 Å².